The Morgan fingerprint density at radius 2 is 2.19 bits per heavy atom. The van der Waals surface area contributed by atoms with Crippen molar-refractivity contribution in [2.45, 2.75) is 57.6 Å². The highest BCUT2D eigenvalue weighted by Gasteiger charge is 2.33. The van der Waals surface area contributed by atoms with Gasteiger partial charge in [0.15, 0.2) is 0 Å². The molecular formula is C18H28N2O. The first-order chi connectivity index (χ1) is 10.1. The number of hydrogen-bond acceptors (Lipinski definition) is 3. The van der Waals surface area contributed by atoms with E-state index in [1.54, 1.807) is 0 Å². The van der Waals surface area contributed by atoms with Crippen molar-refractivity contribution >= 4 is 0 Å². The van der Waals surface area contributed by atoms with Crippen molar-refractivity contribution in [2.75, 3.05) is 13.1 Å². The number of para-hydroxylation sites is 1. The van der Waals surface area contributed by atoms with E-state index < -0.39 is 0 Å². The summed E-state index contributed by atoms with van der Waals surface area (Å²) in [6, 6.07) is 6.67. The summed E-state index contributed by atoms with van der Waals surface area (Å²) in [7, 11) is 0. The first-order valence-corrected chi connectivity index (χ1v) is 8.33. The number of nitrogens with one attached hydrogen (secondary N) is 1. The highest BCUT2D eigenvalue weighted by molar-refractivity contribution is 5.47. The topological polar surface area (TPSA) is 47.3 Å². The van der Waals surface area contributed by atoms with Gasteiger partial charge >= 0.3 is 0 Å². The van der Waals surface area contributed by atoms with Crippen molar-refractivity contribution in [3.05, 3.63) is 29.3 Å². The Labute approximate surface area is 128 Å². The summed E-state index contributed by atoms with van der Waals surface area (Å²) >= 11 is 0. The van der Waals surface area contributed by atoms with Crippen molar-refractivity contribution in [3.8, 4) is 5.75 Å². The molecule has 0 saturated heterocycles. The number of rotatable bonds is 6. The lowest BCUT2D eigenvalue weighted by atomic mass is 9.83. The molecule has 1 fully saturated rings. The summed E-state index contributed by atoms with van der Waals surface area (Å²) in [5, 5.41) is 3.64. The van der Waals surface area contributed by atoms with Gasteiger partial charge in [0.2, 0.25) is 0 Å². The van der Waals surface area contributed by atoms with E-state index in [0.29, 0.717) is 6.54 Å². The Morgan fingerprint density at radius 3 is 2.86 bits per heavy atom. The first kappa shape index (κ1) is 14.9. The van der Waals surface area contributed by atoms with Gasteiger partial charge < -0.3 is 15.8 Å². The zero-order valence-corrected chi connectivity index (χ0v) is 13.3. The summed E-state index contributed by atoms with van der Waals surface area (Å²) in [5.41, 5.74) is 8.47. The maximum atomic E-state index is 6.17. The smallest absolute Gasteiger partial charge is 0.128 e. The molecule has 21 heavy (non-hydrogen) atoms. The Bertz CT molecular complexity index is 494. The van der Waals surface area contributed by atoms with Crippen LogP contribution in [0.15, 0.2) is 18.2 Å². The zero-order valence-electron chi connectivity index (χ0n) is 13.3. The van der Waals surface area contributed by atoms with Crippen LogP contribution in [0.1, 0.15) is 56.7 Å². The predicted octanol–water partition coefficient (Wildman–Crippen LogP) is 3.18. The molecule has 2 aliphatic rings. The highest BCUT2D eigenvalue weighted by atomic mass is 16.5. The van der Waals surface area contributed by atoms with E-state index in [9.17, 15) is 0 Å². The Hall–Kier alpha value is -1.06. The summed E-state index contributed by atoms with van der Waals surface area (Å²) in [6.45, 7) is 5.97. The fourth-order valence-corrected chi connectivity index (χ4v) is 3.48. The Morgan fingerprint density at radius 1 is 1.38 bits per heavy atom. The standard InChI is InChI=1S/C18H28N2O/c1-18(2)11-14-7-4-8-15(17(14)21-18)16(12-19)20-10-9-13-5-3-6-13/h4,7-8,13,16,20H,3,5-6,9-12,19H2,1-2H3. The minimum Gasteiger partial charge on any atom is -0.487 e. The molecule has 3 heteroatoms. The van der Waals surface area contributed by atoms with E-state index in [1.807, 2.05) is 0 Å². The van der Waals surface area contributed by atoms with E-state index in [-0.39, 0.29) is 11.6 Å². The predicted molar refractivity (Wildman–Crippen MR) is 86.6 cm³/mol. The molecular weight excluding hydrogens is 260 g/mol. The van der Waals surface area contributed by atoms with Gasteiger partial charge in [0.1, 0.15) is 11.4 Å². The quantitative estimate of drug-likeness (QED) is 0.845. The molecule has 0 aromatic heterocycles. The van der Waals surface area contributed by atoms with Gasteiger partial charge in [-0.05, 0) is 38.3 Å². The molecule has 0 radical (unpaired) electrons. The molecule has 1 saturated carbocycles. The van der Waals surface area contributed by atoms with Crippen molar-refractivity contribution in [3.63, 3.8) is 0 Å². The van der Waals surface area contributed by atoms with Gasteiger partial charge in [0, 0.05) is 24.6 Å². The average Bonchev–Trinajstić information content (AvgIpc) is 2.71. The van der Waals surface area contributed by atoms with Gasteiger partial charge in [-0.3, -0.25) is 0 Å². The van der Waals surface area contributed by atoms with Crippen molar-refractivity contribution < 1.29 is 4.74 Å². The molecule has 0 spiro atoms. The fraction of sp³-hybridized carbons (Fsp3) is 0.667. The van der Waals surface area contributed by atoms with Crippen LogP contribution in [0.4, 0.5) is 0 Å². The molecule has 1 unspecified atom stereocenters. The van der Waals surface area contributed by atoms with E-state index in [4.69, 9.17) is 10.5 Å². The molecule has 1 aliphatic heterocycles. The second kappa shape index (κ2) is 5.98. The first-order valence-electron chi connectivity index (χ1n) is 8.33. The maximum absolute atomic E-state index is 6.17. The lowest BCUT2D eigenvalue weighted by Gasteiger charge is -2.27. The molecule has 1 aromatic rings. The SMILES string of the molecule is CC1(C)Cc2cccc(C(CN)NCCC3CCC3)c2O1. The highest BCUT2D eigenvalue weighted by Crippen LogP contribution is 2.39. The fourth-order valence-electron chi connectivity index (χ4n) is 3.48. The Balaban J connectivity index is 1.68. The van der Waals surface area contributed by atoms with Gasteiger partial charge in [0.25, 0.3) is 0 Å². The molecule has 0 amide bonds. The third-order valence-electron chi connectivity index (χ3n) is 4.90. The van der Waals surface area contributed by atoms with Crippen LogP contribution in [0.2, 0.25) is 0 Å². The lowest BCUT2D eigenvalue weighted by Crippen LogP contribution is -2.31. The molecule has 3 N–H and O–H groups in total. The molecule has 1 aliphatic carbocycles. The third-order valence-corrected chi connectivity index (χ3v) is 4.90. The number of fused-ring (bicyclic) bond motifs is 1. The zero-order chi connectivity index (χ0) is 14.9. The Kier molecular flexibility index (Phi) is 4.23. The molecule has 0 bridgehead atoms. The second-order valence-electron chi connectivity index (χ2n) is 7.20. The van der Waals surface area contributed by atoms with Gasteiger partial charge in [-0.1, -0.05) is 37.5 Å². The van der Waals surface area contributed by atoms with Crippen LogP contribution in [0.3, 0.4) is 0 Å². The van der Waals surface area contributed by atoms with Crippen LogP contribution in [0.25, 0.3) is 0 Å². The van der Waals surface area contributed by atoms with Crippen LogP contribution >= 0.6 is 0 Å². The van der Waals surface area contributed by atoms with Crippen LogP contribution in [-0.2, 0) is 6.42 Å². The van der Waals surface area contributed by atoms with Crippen LogP contribution < -0.4 is 15.8 Å². The summed E-state index contributed by atoms with van der Waals surface area (Å²) in [4.78, 5) is 0. The minimum atomic E-state index is -0.0937. The summed E-state index contributed by atoms with van der Waals surface area (Å²) in [6.07, 6.45) is 6.49. The number of ether oxygens (including phenoxy) is 1. The van der Waals surface area contributed by atoms with Gasteiger partial charge in [-0.25, -0.2) is 0 Å². The number of benzene rings is 1. The summed E-state index contributed by atoms with van der Waals surface area (Å²) < 4.78 is 6.17. The van der Waals surface area contributed by atoms with Gasteiger partial charge in [0.05, 0.1) is 0 Å². The molecule has 116 valence electrons. The third kappa shape index (κ3) is 3.24. The average molecular weight is 288 g/mol. The lowest BCUT2D eigenvalue weighted by molar-refractivity contribution is 0.136. The maximum Gasteiger partial charge on any atom is 0.128 e. The molecule has 3 rings (SSSR count). The van der Waals surface area contributed by atoms with Crippen LogP contribution in [0, 0.1) is 5.92 Å². The largest absolute Gasteiger partial charge is 0.487 e. The summed E-state index contributed by atoms with van der Waals surface area (Å²) in [5.74, 6) is 2.00. The second-order valence-corrected chi connectivity index (χ2v) is 7.20. The monoisotopic (exact) mass is 288 g/mol. The van der Waals surface area contributed by atoms with Crippen LogP contribution in [0.5, 0.6) is 5.75 Å². The molecule has 1 atom stereocenters. The van der Waals surface area contributed by atoms with Crippen LogP contribution in [-0.4, -0.2) is 18.7 Å². The van der Waals surface area contributed by atoms with Gasteiger partial charge in [-0.15, -0.1) is 0 Å². The van der Waals surface area contributed by atoms with E-state index >= 15 is 0 Å². The van der Waals surface area contributed by atoms with Crippen molar-refractivity contribution in [1.29, 1.82) is 0 Å². The van der Waals surface area contributed by atoms with E-state index in [2.05, 4.69) is 37.4 Å². The van der Waals surface area contributed by atoms with E-state index in [0.717, 1.165) is 24.6 Å². The van der Waals surface area contributed by atoms with Crippen molar-refractivity contribution in [1.82, 2.24) is 5.32 Å². The molecule has 1 aromatic carbocycles. The normalized spacial score (nSPS) is 21.5. The molecule has 1 heterocycles. The van der Waals surface area contributed by atoms with Crippen molar-refractivity contribution in [2.24, 2.45) is 11.7 Å². The van der Waals surface area contributed by atoms with E-state index in [1.165, 1.54) is 36.8 Å². The van der Waals surface area contributed by atoms with Gasteiger partial charge in [-0.2, -0.15) is 0 Å². The number of nitrogens with two attached hydrogens (primary N) is 1. The molecule has 3 nitrogen and oxygen atoms in total. The minimum absolute atomic E-state index is 0.0937. The number of hydrogen-bond donors (Lipinski definition) is 2.